The molecule has 3 heterocycles. The quantitative estimate of drug-likeness (QED) is 0.914. The van der Waals surface area contributed by atoms with E-state index in [0.29, 0.717) is 11.8 Å². The number of likely N-dealkylation sites (tertiary alicyclic amines) is 1. The number of nitrogens with one attached hydrogen (secondary N) is 1. The number of furan rings is 1. The molecule has 4 aliphatic rings. The number of rotatable bonds is 4. The van der Waals surface area contributed by atoms with Crippen LogP contribution >= 0.6 is 0 Å². The van der Waals surface area contributed by atoms with Crippen molar-refractivity contribution in [1.29, 1.82) is 0 Å². The van der Waals surface area contributed by atoms with Gasteiger partial charge in [0, 0.05) is 44.1 Å². The first kappa shape index (κ1) is 15.3. The molecule has 5 rings (SSSR count). The van der Waals surface area contributed by atoms with Gasteiger partial charge in [-0.1, -0.05) is 0 Å². The van der Waals surface area contributed by atoms with Crippen LogP contribution in [0.3, 0.4) is 0 Å². The van der Waals surface area contributed by atoms with E-state index in [1.807, 2.05) is 15.9 Å². The number of carbonyl (C=O) groups excluding carboxylic acids is 2. The fourth-order valence-corrected chi connectivity index (χ4v) is 4.20. The van der Waals surface area contributed by atoms with E-state index < -0.39 is 0 Å². The van der Waals surface area contributed by atoms with Crippen LogP contribution in [0.4, 0.5) is 4.79 Å². The van der Waals surface area contributed by atoms with Crippen LogP contribution in [0.1, 0.15) is 72.2 Å². The molecule has 0 unspecified atom stereocenters. The van der Waals surface area contributed by atoms with Crippen molar-refractivity contribution in [1.82, 2.24) is 15.1 Å². The minimum atomic E-state index is 0.0460. The Labute approximate surface area is 147 Å². The topological polar surface area (TPSA) is 65.8 Å². The number of hydrogen-bond donors (Lipinski definition) is 1. The van der Waals surface area contributed by atoms with E-state index in [1.165, 1.54) is 12.8 Å². The molecule has 0 spiro atoms. The average Bonchev–Trinajstić information content (AvgIpc) is 3.57. The van der Waals surface area contributed by atoms with E-state index >= 15 is 0 Å². The van der Waals surface area contributed by atoms with Gasteiger partial charge >= 0.3 is 6.03 Å². The molecule has 0 bridgehead atoms. The Bertz CT molecular complexity index is 697. The van der Waals surface area contributed by atoms with Gasteiger partial charge in [-0.3, -0.25) is 4.79 Å². The average molecular weight is 343 g/mol. The molecule has 6 nitrogen and oxygen atoms in total. The second kappa shape index (κ2) is 5.78. The number of piperidine rings is 1. The Kier molecular flexibility index (Phi) is 3.54. The summed E-state index contributed by atoms with van der Waals surface area (Å²) in [7, 11) is 0. The normalized spacial score (nSPS) is 24.7. The number of amides is 3. The molecule has 25 heavy (non-hydrogen) atoms. The van der Waals surface area contributed by atoms with Crippen molar-refractivity contribution in [2.24, 2.45) is 0 Å². The number of urea groups is 1. The molecule has 0 aromatic carbocycles. The standard InChI is InChI=1S/C19H25N3O3/c23-18(15-11-16(12-1-2-12)25-17(15)13-3-4-13)21-8-5-14(6-9-21)22-10-7-20-19(22)24/h11-14H,1-10H2,(H,20,24). The van der Waals surface area contributed by atoms with Gasteiger partial charge in [0.2, 0.25) is 0 Å². The van der Waals surface area contributed by atoms with E-state index in [-0.39, 0.29) is 18.0 Å². The van der Waals surface area contributed by atoms with Gasteiger partial charge in [0.25, 0.3) is 5.91 Å². The van der Waals surface area contributed by atoms with Crippen LogP contribution in [-0.4, -0.2) is 54.0 Å². The van der Waals surface area contributed by atoms with Gasteiger partial charge in [-0.15, -0.1) is 0 Å². The zero-order valence-corrected chi connectivity index (χ0v) is 14.5. The summed E-state index contributed by atoms with van der Waals surface area (Å²) in [4.78, 5) is 28.8. The van der Waals surface area contributed by atoms with Crippen molar-refractivity contribution >= 4 is 11.9 Å². The lowest BCUT2D eigenvalue weighted by atomic mass is 10.0. The Morgan fingerprint density at radius 2 is 1.76 bits per heavy atom. The predicted octanol–water partition coefficient (Wildman–Crippen LogP) is 2.66. The summed E-state index contributed by atoms with van der Waals surface area (Å²) < 4.78 is 6.08. The zero-order chi connectivity index (χ0) is 17.0. The first-order chi connectivity index (χ1) is 12.2. The summed E-state index contributed by atoms with van der Waals surface area (Å²) in [5.74, 6) is 3.08. The Balaban J connectivity index is 1.28. The monoisotopic (exact) mass is 343 g/mol. The molecule has 2 aliphatic heterocycles. The lowest BCUT2D eigenvalue weighted by Gasteiger charge is -2.36. The van der Waals surface area contributed by atoms with Gasteiger partial charge in [0.1, 0.15) is 11.5 Å². The number of nitrogens with zero attached hydrogens (tertiary/aromatic N) is 2. The van der Waals surface area contributed by atoms with Crippen molar-refractivity contribution in [3.63, 3.8) is 0 Å². The first-order valence-electron chi connectivity index (χ1n) is 9.68. The third-order valence-corrected chi connectivity index (χ3v) is 6.02. The molecule has 2 aliphatic carbocycles. The third kappa shape index (κ3) is 2.81. The Hall–Kier alpha value is -1.98. The maximum Gasteiger partial charge on any atom is 0.317 e. The van der Waals surface area contributed by atoms with Gasteiger partial charge < -0.3 is 19.5 Å². The maximum atomic E-state index is 13.1. The van der Waals surface area contributed by atoms with Crippen molar-refractivity contribution in [2.75, 3.05) is 26.2 Å². The van der Waals surface area contributed by atoms with Crippen LogP contribution < -0.4 is 5.32 Å². The van der Waals surface area contributed by atoms with Gasteiger partial charge in [0.15, 0.2) is 0 Å². The summed E-state index contributed by atoms with van der Waals surface area (Å²) >= 11 is 0. The van der Waals surface area contributed by atoms with Crippen LogP contribution in [0.2, 0.25) is 0 Å². The smallest absolute Gasteiger partial charge is 0.317 e. The van der Waals surface area contributed by atoms with Crippen LogP contribution in [0.25, 0.3) is 0 Å². The molecular weight excluding hydrogens is 318 g/mol. The fourth-order valence-electron chi connectivity index (χ4n) is 4.20. The third-order valence-electron chi connectivity index (χ3n) is 6.02. The minimum absolute atomic E-state index is 0.0460. The minimum Gasteiger partial charge on any atom is -0.465 e. The summed E-state index contributed by atoms with van der Waals surface area (Å²) in [6, 6.07) is 2.33. The lowest BCUT2D eigenvalue weighted by molar-refractivity contribution is 0.0664. The molecule has 2 saturated heterocycles. The highest BCUT2D eigenvalue weighted by Crippen LogP contribution is 2.47. The van der Waals surface area contributed by atoms with Crippen molar-refractivity contribution in [3.05, 3.63) is 23.2 Å². The predicted molar refractivity (Wildman–Crippen MR) is 91.7 cm³/mol. The van der Waals surface area contributed by atoms with E-state index in [9.17, 15) is 9.59 Å². The van der Waals surface area contributed by atoms with E-state index in [1.54, 1.807) is 0 Å². The highest BCUT2D eigenvalue weighted by Gasteiger charge is 2.38. The Morgan fingerprint density at radius 1 is 1.04 bits per heavy atom. The molecule has 0 radical (unpaired) electrons. The van der Waals surface area contributed by atoms with Crippen LogP contribution in [0, 0.1) is 0 Å². The second-order valence-electron chi connectivity index (χ2n) is 7.92. The summed E-state index contributed by atoms with van der Waals surface area (Å²) in [6.45, 7) is 2.97. The fraction of sp³-hybridized carbons (Fsp3) is 0.684. The van der Waals surface area contributed by atoms with Crippen molar-refractivity contribution in [2.45, 2.75) is 56.4 Å². The maximum absolute atomic E-state index is 13.1. The highest BCUT2D eigenvalue weighted by molar-refractivity contribution is 5.95. The Morgan fingerprint density at radius 3 is 2.36 bits per heavy atom. The summed E-state index contributed by atoms with van der Waals surface area (Å²) in [5, 5.41) is 2.87. The summed E-state index contributed by atoms with van der Waals surface area (Å²) in [5.41, 5.74) is 0.807. The van der Waals surface area contributed by atoms with Crippen LogP contribution in [0.5, 0.6) is 0 Å². The molecule has 3 amide bonds. The van der Waals surface area contributed by atoms with E-state index in [0.717, 1.165) is 68.9 Å². The van der Waals surface area contributed by atoms with Gasteiger partial charge in [-0.05, 0) is 44.6 Å². The van der Waals surface area contributed by atoms with Crippen LogP contribution in [0.15, 0.2) is 10.5 Å². The molecule has 1 aromatic rings. The highest BCUT2D eigenvalue weighted by atomic mass is 16.3. The van der Waals surface area contributed by atoms with E-state index in [2.05, 4.69) is 5.32 Å². The SMILES string of the molecule is O=C(c1cc(C2CC2)oc1C1CC1)N1CCC(N2CCNC2=O)CC1. The van der Waals surface area contributed by atoms with Crippen molar-refractivity contribution in [3.8, 4) is 0 Å². The van der Waals surface area contributed by atoms with Gasteiger partial charge in [-0.25, -0.2) is 4.79 Å². The van der Waals surface area contributed by atoms with Crippen LogP contribution in [-0.2, 0) is 0 Å². The molecule has 1 N–H and O–H groups in total. The molecule has 6 heteroatoms. The second-order valence-corrected chi connectivity index (χ2v) is 7.92. The first-order valence-corrected chi connectivity index (χ1v) is 9.68. The molecule has 134 valence electrons. The molecular formula is C19H25N3O3. The summed E-state index contributed by atoms with van der Waals surface area (Å²) in [6.07, 6.45) is 6.40. The van der Waals surface area contributed by atoms with Crippen molar-refractivity contribution < 1.29 is 14.0 Å². The number of hydrogen-bond acceptors (Lipinski definition) is 3. The van der Waals surface area contributed by atoms with Gasteiger partial charge in [-0.2, -0.15) is 0 Å². The molecule has 1 aromatic heterocycles. The number of carbonyl (C=O) groups is 2. The molecule has 0 atom stereocenters. The molecule has 2 saturated carbocycles. The largest absolute Gasteiger partial charge is 0.465 e. The molecule has 4 fully saturated rings. The lowest BCUT2D eigenvalue weighted by Crippen LogP contribution is -2.47. The zero-order valence-electron chi connectivity index (χ0n) is 14.5. The van der Waals surface area contributed by atoms with Gasteiger partial charge in [0.05, 0.1) is 5.56 Å². The van der Waals surface area contributed by atoms with E-state index in [4.69, 9.17) is 4.42 Å².